The summed E-state index contributed by atoms with van der Waals surface area (Å²) in [6, 6.07) is 6.39. The number of rotatable bonds is 2. The fourth-order valence-corrected chi connectivity index (χ4v) is 1.75. The molecule has 0 atom stereocenters. The minimum Gasteiger partial charge on any atom is -0.492 e. The van der Waals surface area contributed by atoms with Crippen LogP contribution in [-0.2, 0) is 13.5 Å². The molecular weight excluding hydrogens is 200 g/mol. The molecule has 0 aliphatic rings. The maximum absolute atomic E-state index is 9.28. The standard InChI is InChI=1S/C13H16N2O/c1-9-4-5-11(6-10(9)2)7-12-14-13(16)8-15(12)3/h4-6,8,16H,7H2,1-3H3. The largest absolute Gasteiger partial charge is 0.492 e. The molecule has 84 valence electrons. The van der Waals surface area contributed by atoms with Crippen molar-refractivity contribution in [2.45, 2.75) is 20.3 Å². The molecule has 0 amide bonds. The minimum absolute atomic E-state index is 0.0846. The second-order valence-electron chi connectivity index (χ2n) is 4.22. The van der Waals surface area contributed by atoms with E-state index in [9.17, 15) is 5.11 Å². The molecule has 0 fully saturated rings. The Balaban J connectivity index is 2.27. The van der Waals surface area contributed by atoms with E-state index < -0.39 is 0 Å². The summed E-state index contributed by atoms with van der Waals surface area (Å²) in [5.41, 5.74) is 3.80. The molecule has 0 unspecified atom stereocenters. The number of nitrogens with zero attached hydrogens (tertiary/aromatic N) is 2. The number of aromatic hydroxyl groups is 1. The van der Waals surface area contributed by atoms with E-state index in [0.29, 0.717) is 0 Å². The van der Waals surface area contributed by atoms with E-state index in [2.05, 4.69) is 37.0 Å². The smallest absolute Gasteiger partial charge is 0.229 e. The van der Waals surface area contributed by atoms with Gasteiger partial charge in [0.1, 0.15) is 5.82 Å². The fraction of sp³-hybridized carbons (Fsp3) is 0.308. The lowest BCUT2D eigenvalue weighted by molar-refractivity contribution is 0.455. The molecule has 1 aromatic carbocycles. The quantitative estimate of drug-likeness (QED) is 0.836. The van der Waals surface area contributed by atoms with Crippen molar-refractivity contribution in [1.82, 2.24) is 9.55 Å². The molecule has 1 heterocycles. The van der Waals surface area contributed by atoms with Crippen molar-refractivity contribution in [3.63, 3.8) is 0 Å². The molecule has 0 saturated carbocycles. The molecule has 16 heavy (non-hydrogen) atoms. The summed E-state index contributed by atoms with van der Waals surface area (Å²) in [5, 5.41) is 9.28. The van der Waals surface area contributed by atoms with Crippen LogP contribution in [0.4, 0.5) is 0 Å². The van der Waals surface area contributed by atoms with Crippen molar-refractivity contribution in [2.24, 2.45) is 7.05 Å². The first kappa shape index (κ1) is 10.7. The van der Waals surface area contributed by atoms with E-state index in [1.54, 1.807) is 6.20 Å². The number of imidazole rings is 1. The SMILES string of the molecule is Cc1ccc(Cc2nc(O)cn2C)cc1C. The van der Waals surface area contributed by atoms with Gasteiger partial charge < -0.3 is 9.67 Å². The van der Waals surface area contributed by atoms with Crippen LogP contribution in [0.5, 0.6) is 5.88 Å². The lowest BCUT2D eigenvalue weighted by Crippen LogP contribution is -1.98. The molecule has 0 bridgehead atoms. The third-order valence-electron chi connectivity index (χ3n) is 2.89. The molecule has 0 saturated heterocycles. The second-order valence-corrected chi connectivity index (χ2v) is 4.22. The molecule has 3 nitrogen and oxygen atoms in total. The summed E-state index contributed by atoms with van der Waals surface area (Å²) >= 11 is 0. The van der Waals surface area contributed by atoms with Gasteiger partial charge in [-0.2, -0.15) is 4.98 Å². The van der Waals surface area contributed by atoms with Gasteiger partial charge in [0.05, 0.1) is 6.20 Å². The van der Waals surface area contributed by atoms with Crippen LogP contribution in [0.15, 0.2) is 24.4 Å². The van der Waals surface area contributed by atoms with Crippen LogP contribution in [0.2, 0.25) is 0 Å². The molecule has 1 N–H and O–H groups in total. The van der Waals surface area contributed by atoms with Gasteiger partial charge in [0.25, 0.3) is 0 Å². The minimum atomic E-state index is 0.0846. The van der Waals surface area contributed by atoms with Crippen LogP contribution in [0.1, 0.15) is 22.5 Å². The molecule has 3 heteroatoms. The first-order valence-electron chi connectivity index (χ1n) is 5.33. The number of benzene rings is 1. The molecule has 0 spiro atoms. The van der Waals surface area contributed by atoms with E-state index in [1.165, 1.54) is 16.7 Å². The fourth-order valence-electron chi connectivity index (χ4n) is 1.75. The van der Waals surface area contributed by atoms with Gasteiger partial charge >= 0.3 is 0 Å². The summed E-state index contributed by atoms with van der Waals surface area (Å²) in [7, 11) is 1.89. The van der Waals surface area contributed by atoms with Crippen LogP contribution >= 0.6 is 0 Å². The van der Waals surface area contributed by atoms with Gasteiger partial charge in [0.15, 0.2) is 0 Å². The zero-order valence-electron chi connectivity index (χ0n) is 9.86. The summed E-state index contributed by atoms with van der Waals surface area (Å²) in [6.45, 7) is 4.21. The van der Waals surface area contributed by atoms with Crippen molar-refractivity contribution >= 4 is 0 Å². The van der Waals surface area contributed by atoms with Gasteiger partial charge in [-0.3, -0.25) is 0 Å². The van der Waals surface area contributed by atoms with Crippen molar-refractivity contribution in [3.05, 3.63) is 46.9 Å². The topological polar surface area (TPSA) is 38.1 Å². The normalized spacial score (nSPS) is 10.7. The average Bonchev–Trinajstić information content (AvgIpc) is 2.51. The monoisotopic (exact) mass is 216 g/mol. The summed E-state index contributed by atoms with van der Waals surface area (Å²) in [6.07, 6.45) is 2.37. The first-order valence-corrected chi connectivity index (χ1v) is 5.33. The number of hydrogen-bond donors (Lipinski definition) is 1. The number of aromatic nitrogens is 2. The second kappa shape index (κ2) is 4.00. The van der Waals surface area contributed by atoms with Crippen LogP contribution < -0.4 is 0 Å². The molecular formula is C13H16N2O. The van der Waals surface area contributed by atoms with E-state index in [1.807, 2.05) is 11.6 Å². The summed E-state index contributed by atoms with van der Waals surface area (Å²) in [5.74, 6) is 0.960. The Hall–Kier alpha value is -1.77. The van der Waals surface area contributed by atoms with Crippen molar-refractivity contribution in [3.8, 4) is 5.88 Å². The van der Waals surface area contributed by atoms with E-state index in [4.69, 9.17) is 0 Å². The lowest BCUT2D eigenvalue weighted by atomic mass is 10.0. The Morgan fingerprint density at radius 1 is 1.25 bits per heavy atom. The predicted octanol–water partition coefficient (Wildman–Crippen LogP) is 2.33. The Bertz CT molecular complexity index is 515. The molecule has 0 aliphatic heterocycles. The van der Waals surface area contributed by atoms with Crippen LogP contribution in [0, 0.1) is 13.8 Å². The summed E-state index contributed by atoms with van der Waals surface area (Å²) < 4.78 is 1.85. The van der Waals surface area contributed by atoms with E-state index >= 15 is 0 Å². The van der Waals surface area contributed by atoms with Gasteiger partial charge in [-0.25, -0.2) is 0 Å². The number of aryl methyl sites for hydroxylation is 3. The Kier molecular flexibility index (Phi) is 2.69. The Labute approximate surface area is 95.4 Å². The van der Waals surface area contributed by atoms with Gasteiger partial charge in [0.2, 0.25) is 5.88 Å². The lowest BCUT2D eigenvalue weighted by Gasteiger charge is -2.05. The summed E-state index contributed by atoms with van der Waals surface area (Å²) in [4.78, 5) is 4.08. The van der Waals surface area contributed by atoms with E-state index in [-0.39, 0.29) is 5.88 Å². The van der Waals surface area contributed by atoms with Crippen molar-refractivity contribution < 1.29 is 5.11 Å². The predicted molar refractivity (Wildman–Crippen MR) is 63.6 cm³/mol. The molecule has 0 aliphatic carbocycles. The van der Waals surface area contributed by atoms with Gasteiger partial charge in [-0.05, 0) is 30.5 Å². The molecule has 0 radical (unpaired) electrons. The third kappa shape index (κ3) is 2.08. The van der Waals surface area contributed by atoms with Crippen LogP contribution in [0.3, 0.4) is 0 Å². The van der Waals surface area contributed by atoms with Crippen LogP contribution in [0.25, 0.3) is 0 Å². The highest BCUT2D eigenvalue weighted by Gasteiger charge is 2.05. The highest BCUT2D eigenvalue weighted by atomic mass is 16.3. The Morgan fingerprint density at radius 3 is 2.56 bits per heavy atom. The molecule has 2 aromatic rings. The zero-order valence-corrected chi connectivity index (χ0v) is 9.86. The van der Waals surface area contributed by atoms with Gasteiger partial charge in [-0.15, -0.1) is 0 Å². The Morgan fingerprint density at radius 2 is 2.00 bits per heavy atom. The molecule has 2 rings (SSSR count). The van der Waals surface area contributed by atoms with Gasteiger partial charge in [-0.1, -0.05) is 18.2 Å². The van der Waals surface area contributed by atoms with E-state index in [0.717, 1.165) is 12.2 Å². The average molecular weight is 216 g/mol. The molecule has 1 aromatic heterocycles. The van der Waals surface area contributed by atoms with Crippen LogP contribution in [-0.4, -0.2) is 14.7 Å². The highest BCUT2D eigenvalue weighted by Crippen LogP contribution is 2.15. The van der Waals surface area contributed by atoms with Gasteiger partial charge in [0, 0.05) is 13.5 Å². The number of hydrogen-bond acceptors (Lipinski definition) is 2. The van der Waals surface area contributed by atoms with Crippen molar-refractivity contribution in [1.29, 1.82) is 0 Å². The third-order valence-corrected chi connectivity index (χ3v) is 2.89. The zero-order chi connectivity index (χ0) is 11.7. The highest BCUT2D eigenvalue weighted by molar-refractivity contribution is 5.31. The maximum Gasteiger partial charge on any atom is 0.229 e. The van der Waals surface area contributed by atoms with Crippen molar-refractivity contribution in [2.75, 3.05) is 0 Å². The first-order chi connectivity index (χ1) is 7.56. The maximum atomic E-state index is 9.28.